The molecule has 3 heterocycles. The lowest BCUT2D eigenvalue weighted by Crippen LogP contribution is -2.48. The SMILES string of the molecule is CC1CN(C2CCN(C(=S)Nc3cccnc3)CC2)C(=O)O1. The van der Waals surface area contributed by atoms with Crippen LogP contribution in [-0.2, 0) is 4.74 Å². The van der Waals surface area contributed by atoms with Gasteiger partial charge in [-0.25, -0.2) is 4.79 Å². The number of pyridine rings is 1. The summed E-state index contributed by atoms with van der Waals surface area (Å²) in [5.74, 6) is 0. The van der Waals surface area contributed by atoms with Gasteiger partial charge in [0.2, 0.25) is 0 Å². The second-order valence-electron chi connectivity index (χ2n) is 5.74. The van der Waals surface area contributed by atoms with Crippen LogP contribution in [0.25, 0.3) is 0 Å². The van der Waals surface area contributed by atoms with Crippen LogP contribution in [0.1, 0.15) is 19.8 Å². The van der Waals surface area contributed by atoms with Crippen molar-refractivity contribution in [3.05, 3.63) is 24.5 Å². The van der Waals surface area contributed by atoms with Crippen molar-refractivity contribution in [3.8, 4) is 0 Å². The van der Waals surface area contributed by atoms with E-state index in [1.807, 2.05) is 24.0 Å². The number of nitrogens with one attached hydrogen (secondary N) is 1. The summed E-state index contributed by atoms with van der Waals surface area (Å²) < 4.78 is 5.21. The zero-order chi connectivity index (χ0) is 15.5. The van der Waals surface area contributed by atoms with E-state index in [-0.39, 0.29) is 18.2 Å². The number of piperidine rings is 1. The maximum absolute atomic E-state index is 11.8. The number of likely N-dealkylation sites (tertiary alicyclic amines) is 1. The van der Waals surface area contributed by atoms with E-state index in [1.165, 1.54) is 0 Å². The maximum atomic E-state index is 11.8. The molecule has 0 aromatic carbocycles. The minimum absolute atomic E-state index is 0.00106. The molecular formula is C15H20N4O2S. The molecule has 1 aromatic heterocycles. The summed E-state index contributed by atoms with van der Waals surface area (Å²) in [7, 11) is 0. The Hall–Kier alpha value is -1.89. The molecule has 2 fully saturated rings. The zero-order valence-electron chi connectivity index (χ0n) is 12.6. The van der Waals surface area contributed by atoms with Gasteiger partial charge in [0.1, 0.15) is 6.10 Å². The fourth-order valence-corrected chi connectivity index (χ4v) is 3.25. The Morgan fingerprint density at radius 3 is 2.82 bits per heavy atom. The molecule has 1 N–H and O–H groups in total. The van der Waals surface area contributed by atoms with Crippen LogP contribution in [-0.4, -0.2) is 57.8 Å². The number of cyclic esters (lactones) is 1. The molecule has 6 nitrogen and oxygen atoms in total. The maximum Gasteiger partial charge on any atom is 0.410 e. The predicted octanol–water partition coefficient (Wildman–Crippen LogP) is 2.08. The first-order valence-corrected chi connectivity index (χ1v) is 7.97. The highest BCUT2D eigenvalue weighted by molar-refractivity contribution is 7.80. The molecule has 0 radical (unpaired) electrons. The van der Waals surface area contributed by atoms with Gasteiger partial charge < -0.3 is 19.9 Å². The van der Waals surface area contributed by atoms with Crippen molar-refractivity contribution in [2.24, 2.45) is 0 Å². The third kappa shape index (κ3) is 3.30. The summed E-state index contributed by atoms with van der Waals surface area (Å²) in [6.07, 6.45) is 5.13. The number of thiocarbonyl (C=S) groups is 1. The smallest absolute Gasteiger partial charge is 0.410 e. The Labute approximate surface area is 135 Å². The van der Waals surface area contributed by atoms with E-state index < -0.39 is 0 Å². The summed E-state index contributed by atoms with van der Waals surface area (Å²) in [6.45, 7) is 4.31. The van der Waals surface area contributed by atoms with E-state index in [9.17, 15) is 4.79 Å². The van der Waals surface area contributed by atoms with E-state index in [4.69, 9.17) is 17.0 Å². The average molecular weight is 320 g/mol. The molecule has 0 saturated carbocycles. The van der Waals surface area contributed by atoms with Crippen LogP contribution >= 0.6 is 12.2 Å². The van der Waals surface area contributed by atoms with Crippen LogP contribution in [0, 0.1) is 0 Å². The number of rotatable bonds is 2. The normalized spacial score (nSPS) is 22.6. The van der Waals surface area contributed by atoms with Crippen molar-refractivity contribution < 1.29 is 9.53 Å². The van der Waals surface area contributed by atoms with Crippen molar-refractivity contribution in [2.45, 2.75) is 31.9 Å². The molecule has 0 bridgehead atoms. The number of carbonyl (C=O) groups excluding carboxylic acids is 1. The molecule has 1 amide bonds. The third-order valence-electron chi connectivity index (χ3n) is 4.10. The Morgan fingerprint density at radius 1 is 1.45 bits per heavy atom. The third-order valence-corrected chi connectivity index (χ3v) is 4.46. The number of nitrogens with zero attached hydrogens (tertiary/aromatic N) is 3. The summed E-state index contributed by atoms with van der Waals surface area (Å²) in [5, 5.41) is 3.91. The fourth-order valence-electron chi connectivity index (χ4n) is 2.95. The summed E-state index contributed by atoms with van der Waals surface area (Å²) in [6, 6.07) is 4.07. The number of ether oxygens (including phenoxy) is 1. The highest BCUT2D eigenvalue weighted by Gasteiger charge is 2.35. The Balaban J connectivity index is 1.51. The van der Waals surface area contributed by atoms with Gasteiger partial charge in [-0.1, -0.05) is 0 Å². The van der Waals surface area contributed by atoms with Gasteiger partial charge in [0.25, 0.3) is 0 Å². The minimum atomic E-state index is -0.179. The quantitative estimate of drug-likeness (QED) is 0.842. The van der Waals surface area contributed by atoms with Crippen molar-refractivity contribution >= 4 is 29.1 Å². The van der Waals surface area contributed by atoms with Crippen LogP contribution in [0.4, 0.5) is 10.5 Å². The van der Waals surface area contributed by atoms with Gasteiger partial charge in [0.15, 0.2) is 5.11 Å². The number of carbonyl (C=O) groups is 1. The number of hydrogen-bond donors (Lipinski definition) is 1. The summed E-state index contributed by atoms with van der Waals surface area (Å²) in [4.78, 5) is 19.9. The molecule has 7 heteroatoms. The molecule has 0 spiro atoms. The summed E-state index contributed by atoms with van der Waals surface area (Å²) >= 11 is 5.45. The lowest BCUT2D eigenvalue weighted by Gasteiger charge is -2.36. The first kappa shape index (κ1) is 15.0. The van der Waals surface area contributed by atoms with E-state index in [2.05, 4.69) is 15.2 Å². The van der Waals surface area contributed by atoms with Gasteiger partial charge in [0.05, 0.1) is 18.4 Å². The van der Waals surface area contributed by atoms with Gasteiger partial charge in [-0.3, -0.25) is 4.98 Å². The predicted molar refractivity (Wildman–Crippen MR) is 87.7 cm³/mol. The van der Waals surface area contributed by atoms with Crippen LogP contribution < -0.4 is 5.32 Å². The lowest BCUT2D eigenvalue weighted by atomic mass is 10.0. The highest BCUT2D eigenvalue weighted by Crippen LogP contribution is 2.22. The first-order valence-electron chi connectivity index (χ1n) is 7.56. The molecule has 22 heavy (non-hydrogen) atoms. The summed E-state index contributed by atoms with van der Waals surface area (Å²) in [5.41, 5.74) is 0.895. The molecule has 2 aliphatic heterocycles. The molecule has 0 aliphatic carbocycles. The second kappa shape index (κ2) is 6.48. The molecular weight excluding hydrogens is 300 g/mol. The Bertz CT molecular complexity index is 546. The van der Waals surface area contributed by atoms with Gasteiger partial charge in [-0.15, -0.1) is 0 Å². The second-order valence-corrected chi connectivity index (χ2v) is 6.12. The largest absolute Gasteiger partial charge is 0.444 e. The highest BCUT2D eigenvalue weighted by atomic mass is 32.1. The lowest BCUT2D eigenvalue weighted by molar-refractivity contribution is 0.123. The van der Waals surface area contributed by atoms with Crippen LogP contribution in [0.2, 0.25) is 0 Å². The first-order chi connectivity index (χ1) is 10.6. The van der Waals surface area contributed by atoms with Crippen LogP contribution in [0.3, 0.4) is 0 Å². The monoisotopic (exact) mass is 320 g/mol. The average Bonchev–Trinajstić information content (AvgIpc) is 2.87. The molecule has 3 rings (SSSR count). The molecule has 2 aliphatic rings. The van der Waals surface area contributed by atoms with Gasteiger partial charge >= 0.3 is 6.09 Å². The van der Waals surface area contributed by atoms with Crippen molar-refractivity contribution in [2.75, 3.05) is 25.0 Å². The molecule has 2 saturated heterocycles. The van der Waals surface area contributed by atoms with Crippen molar-refractivity contribution in [1.82, 2.24) is 14.8 Å². The fraction of sp³-hybridized carbons (Fsp3) is 0.533. The zero-order valence-corrected chi connectivity index (χ0v) is 13.4. The number of amides is 1. The van der Waals surface area contributed by atoms with Crippen molar-refractivity contribution in [3.63, 3.8) is 0 Å². The number of hydrogen-bond acceptors (Lipinski definition) is 4. The van der Waals surface area contributed by atoms with Crippen molar-refractivity contribution in [1.29, 1.82) is 0 Å². The van der Waals surface area contributed by atoms with E-state index in [0.29, 0.717) is 11.7 Å². The molecule has 118 valence electrons. The minimum Gasteiger partial charge on any atom is -0.444 e. The van der Waals surface area contributed by atoms with E-state index >= 15 is 0 Å². The molecule has 1 atom stereocenters. The standard InChI is InChI=1S/C15H20N4O2S/c1-11-10-19(15(20)21-11)13-4-7-18(8-5-13)14(22)17-12-3-2-6-16-9-12/h2-3,6,9,11,13H,4-5,7-8,10H2,1H3,(H,17,22). The Morgan fingerprint density at radius 2 is 2.23 bits per heavy atom. The van der Waals surface area contributed by atoms with Crippen LogP contribution in [0.15, 0.2) is 24.5 Å². The van der Waals surface area contributed by atoms with Gasteiger partial charge in [-0.2, -0.15) is 0 Å². The topological polar surface area (TPSA) is 57.7 Å². The van der Waals surface area contributed by atoms with Crippen LogP contribution in [0.5, 0.6) is 0 Å². The molecule has 1 aromatic rings. The van der Waals surface area contributed by atoms with Gasteiger partial charge in [0, 0.05) is 25.3 Å². The Kier molecular flexibility index (Phi) is 4.42. The van der Waals surface area contributed by atoms with E-state index in [1.54, 1.807) is 12.4 Å². The van der Waals surface area contributed by atoms with Gasteiger partial charge in [-0.05, 0) is 44.1 Å². The van der Waals surface area contributed by atoms with E-state index in [0.717, 1.165) is 31.6 Å². The molecule has 1 unspecified atom stereocenters. The number of anilines is 1. The number of aromatic nitrogens is 1.